The van der Waals surface area contributed by atoms with Crippen LogP contribution in [0.2, 0.25) is 0 Å². The van der Waals surface area contributed by atoms with Gasteiger partial charge >= 0.3 is 0 Å². The summed E-state index contributed by atoms with van der Waals surface area (Å²) < 4.78 is 0. The van der Waals surface area contributed by atoms with E-state index in [2.05, 4.69) is 52.9 Å². The molecule has 0 amide bonds. The lowest BCUT2D eigenvalue weighted by molar-refractivity contribution is -0.121. The highest BCUT2D eigenvalue weighted by Gasteiger charge is 2.49. The Bertz CT molecular complexity index is 1610. The summed E-state index contributed by atoms with van der Waals surface area (Å²) in [5, 5.41) is 0.886. The van der Waals surface area contributed by atoms with Crippen LogP contribution in [0.15, 0.2) is 66.6 Å². The number of carbonyl (C=O) groups excluding carboxylic acids is 1. The molecule has 2 aromatic heterocycles. The first-order chi connectivity index (χ1) is 17.4. The minimum Gasteiger partial charge on any atom is -0.308 e. The Morgan fingerprint density at radius 2 is 1.81 bits per heavy atom. The van der Waals surface area contributed by atoms with Crippen molar-refractivity contribution in [3.63, 3.8) is 0 Å². The zero-order valence-corrected chi connectivity index (χ0v) is 20.5. The third-order valence-electron chi connectivity index (χ3n) is 7.90. The number of hydrogen-bond donors (Lipinski definition) is 0. The number of aromatic nitrogens is 4. The van der Waals surface area contributed by atoms with Crippen molar-refractivity contribution >= 4 is 16.7 Å². The van der Waals surface area contributed by atoms with Gasteiger partial charge in [0, 0.05) is 27.8 Å². The van der Waals surface area contributed by atoms with E-state index in [1.54, 1.807) is 6.33 Å². The van der Waals surface area contributed by atoms with Gasteiger partial charge in [0.1, 0.15) is 12.0 Å². The van der Waals surface area contributed by atoms with Crippen LogP contribution in [-0.4, -0.2) is 25.7 Å². The highest BCUT2D eigenvalue weighted by atomic mass is 16.1. The van der Waals surface area contributed by atoms with Gasteiger partial charge in [-0.15, -0.1) is 0 Å². The minimum atomic E-state index is -0.555. The molecule has 6 heteroatoms. The number of hydrogen-bond acceptors (Lipinski definition) is 5. The molecule has 0 saturated heterocycles. The molecule has 2 aliphatic carbocycles. The molecule has 36 heavy (non-hydrogen) atoms. The SMILES string of the molecule is [C-]#[N+]C1=C[C@@]2(C)c3nc(-c4ncnc5ccccc45)nc(-c4ccc(C)cc4)c3CC[C@@H]2[C@@H](C)C1=O. The summed E-state index contributed by atoms with van der Waals surface area (Å²) in [6.07, 6.45) is 5.03. The van der Waals surface area contributed by atoms with Gasteiger partial charge in [-0.2, -0.15) is 0 Å². The molecule has 0 aliphatic heterocycles. The third-order valence-corrected chi connectivity index (χ3v) is 7.90. The molecule has 0 unspecified atom stereocenters. The van der Waals surface area contributed by atoms with Crippen LogP contribution in [0.4, 0.5) is 0 Å². The highest BCUT2D eigenvalue weighted by Crippen LogP contribution is 2.51. The van der Waals surface area contributed by atoms with Crippen molar-refractivity contribution in [2.45, 2.75) is 39.0 Å². The number of Topliss-reactive ketones (excluding diaryl/α,β-unsaturated/α-hetero) is 1. The van der Waals surface area contributed by atoms with Crippen molar-refractivity contribution in [2.75, 3.05) is 0 Å². The average Bonchev–Trinajstić information content (AvgIpc) is 2.90. The summed E-state index contributed by atoms with van der Waals surface area (Å²) in [6.45, 7) is 13.8. The van der Waals surface area contributed by atoms with Crippen molar-refractivity contribution in [3.8, 4) is 22.8 Å². The molecule has 3 atom stereocenters. The molecule has 176 valence electrons. The number of benzene rings is 2. The van der Waals surface area contributed by atoms with Gasteiger partial charge in [0.25, 0.3) is 0 Å². The van der Waals surface area contributed by atoms with Gasteiger partial charge in [-0.1, -0.05) is 68.0 Å². The van der Waals surface area contributed by atoms with E-state index >= 15 is 0 Å². The predicted molar refractivity (Wildman–Crippen MR) is 139 cm³/mol. The molecular formula is C30H25N5O. The standard InChI is InChI=1S/C30H25N5O/c1-17-9-11-19(12-10-17)25-21-13-14-22-18(2)27(36)24(31-4)15-30(22,3)28(21)35-29(34-25)26-20-7-5-6-8-23(20)32-16-33-26/h5-12,15-16,18,22H,13-14H2,1-3H3/t18-,22-,30-/m1/s1. The van der Waals surface area contributed by atoms with Crippen molar-refractivity contribution in [2.24, 2.45) is 11.8 Å². The van der Waals surface area contributed by atoms with Crippen LogP contribution in [0.3, 0.4) is 0 Å². The second-order valence-corrected chi connectivity index (χ2v) is 10.1. The van der Waals surface area contributed by atoms with Gasteiger partial charge in [-0.3, -0.25) is 0 Å². The maximum absolute atomic E-state index is 12.9. The van der Waals surface area contributed by atoms with Crippen molar-refractivity contribution in [1.29, 1.82) is 0 Å². The minimum absolute atomic E-state index is 0.0641. The first kappa shape index (κ1) is 22.2. The van der Waals surface area contributed by atoms with Gasteiger partial charge in [0.05, 0.1) is 23.5 Å². The predicted octanol–water partition coefficient (Wildman–Crippen LogP) is 5.90. The fourth-order valence-corrected chi connectivity index (χ4v) is 5.98. The lowest BCUT2D eigenvalue weighted by atomic mass is 9.58. The van der Waals surface area contributed by atoms with Crippen LogP contribution in [0.1, 0.15) is 37.1 Å². The molecule has 4 aromatic rings. The number of allylic oxidation sites excluding steroid dienone is 2. The summed E-state index contributed by atoms with van der Waals surface area (Å²) in [4.78, 5) is 35.8. The van der Waals surface area contributed by atoms with E-state index in [1.807, 2.05) is 37.3 Å². The van der Waals surface area contributed by atoms with E-state index in [9.17, 15) is 4.79 Å². The van der Waals surface area contributed by atoms with Crippen LogP contribution < -0.4 is 0 Å². The Kier molecular flexibility index (Phi) is 5.04. The Hall–Kier alpha value is -4.24. The number of fused-ring (bicyclic) bond motifs is 4. The third kappa shape index (κ3) is 3.27. The molecule has 0 N–H and O–H groups in total. The second-order valence-electron chi connectivity index (χ2n) is 10.1. The number of para-hydroxylation sites is 1. The molecule has 2 heterocycles. The number of carbonyl (C=O) groups is 1. The normalized spacial score (nSPS) is 22.9. The first-order valence-electron chi connectivity index (χ1n) is 12.2. The Labute approximate surface area is 210 Å². The van der Waals surface area contributed by atoms with E-state index < -0.39 is 5.41 Å². The van der Waals surface area contributed by atoms with Gasteiger partial charge in [-0.05, 0) is 31.7 Å². The summed E-state index contributed by atoms with van der Waals surface area (Å²) >= 11 is 0. The molecule has 2 aromatic carbocycles. The van der Waals surface area contributed by atoms with Gasteiger partial charge in [-0.25, -0.2) is 24.8 Å². The van der Waals surface area contributed by atoms with Crippen LogP contribution in [0.25, 0.3) is 38.5 Å². The monoisotopic (exact) mass is 471 g/mol. The van der Waals surface area contributed by atoms with Crippen molar-refractivity contribution in [1.82, 2.24) is 19.9 Å². The van der Waals surface area contributed by atoms with Gasteiger partial charge in [0.15, 0.2) is 11.6 Å². The van der Waals surface area contributed by atoms with E-state index in [4.69, 9.17) is 16.5 Å². The van der Waals surface area contributed by atoms with Crippen LogP contribution in [0.5, 0.6) is 0 Å². The van der Waals surface area contributed by atoms with Crippen LogP contribution in [-0.2, 0) is 16.6 Å². The smallest absolute Gasteiger partial charge is 0.226 e. The van der Waals surface area contributed by atoms with Gasteiger partial charge in [0.2, 0.25) is 5.70 Å². The van der Waals surface area contributed by atoms with E-state index in [1.165, 1.54) is 5.56 Å². The summed E-state index contributed by atoms with van der Waals surface area (Å²) in [5.41, 5.74) is 6.23. The number of aryl methyl sites for hydroxylation is 1. The maximum Gasteiger partial charge on any atom is 0.226 e. The summed E-state index contributed by atoms with van der Waals surface area (Å²) in [5.74, 6) is 0.301. The van der Waals surface area contributed by atoms with Crippen molar-refractivity contribution in [3.05, 3.63) is 94.9 Å². The highest BCUT2D eigenvalue weighted by molar-refractivity contribution is 6.00. The van der Waals surface area contributed by atoms with E-state index in [0.717, 1.165) is 46.3 Å². The summed E-state index contributed by atoms with van der Waals surface area (Å²) in [7, 11) is 0. The molecule has 0 bridgehead atoms. The molecule has 0 saturated carbocycles. The Morgan fingerprint density at radius 1 is 1.03 bits per heavy atom. The number of ketones is 1. The van der Waals surface area contributed by atoms with E-state index in [-0.39, 0.29) is 23.3 Å². The van der Waals surface area contributed by atoms with Crippen molar-refractivity contribution < 1.29 is 4.79 Å². The molecule has 6 rings (SSSR count). The maximum atomic E-state index is 12.9. The molecular weight excluding hydrogens is 446 g/mol. The number of nitrogens with zero attached hydrogens (tertiary/aromatic N) is 5. The zero-order valence-electron chi connectivity index (χ0n) is 20.5. The lowest BCUT2D eigenvalue weighted by Crippen LogP contribution is -2.46. The second kappa shape index (κ2) is 8.17. The topological polar surface area (TPSA) is 73.0 Å². The van der Waals surface area contributed by atoms with E-state index in [0.29, 0.717) is 11.5 Å². The average molecular weight is 472 g/mol. The van der Waals surface area contributed by atoms with Gasteiger partial charge < -0.3 is 4.79 Å². The fraction of sp³-hybridized carbons (Fsp3) is 0.267. The molecule has 6 nitrogen and oxygen atoms in total. The molecule has 0 spiro atoms. The van der Waals surface area contributed by atoms with Crippen LogP contribution >= 0.6 is 0 Å². The zero-order chi connectivity index (χ0) is 25.0. The number of rotatable bonds is 2. The molecule has 0 radical (unpaired) electrons. The van der Waals surface area contributed by atoms with Crippen LogP contribution in [0, 0.1) is 25.3 Å². The largest absolute Gasteiger partial charge is 0.308 e. The Morgan fingerprint density at radius 3 is 2.58 bits per heavy atom. The lowest BCUT2D eigenvalue weighted by Gasteiger charge is -2.46. The molecule has 2 aliphatic rings. The summed E-state index contributed by atoms with van der Waals surface area (Å²) in [6, 6.07) is 16.2. The quantitative estimate of drug-likeness (QED) is 0.340. The Balaban J connectivity index is 1.68. The first-order valence-corrected chi connectivity index (χ1v) is 12.2. The molecule has 0 fully saturated rings. The fourth-order valence-electron chi connectivity index (χ4n) is 5.98.